The Hall–Kier alpha value is -4.05. The fourth-order valence-corrected chi connectivity index (χ4v) is 10.8. The molecule has 0 N–H and O–H groups in total. The molecule has 9 heteroatoms. The number of esters is 2. The highest BCUT2D eigenvalue weighted by Crippen LogP contribution is 2.18. The smallest absolute Gasteiger partial charge is 0.306 e. The normalized spacial score (nSPS) is 13.3. The van der Waals surface area contributed by atoms with E-state index in [1.807, 2.05) is 21.1 Å². The van der Waals surface area contributed by atoms with Crippen molar-refractivity contribution in [3.8, 4) is 0 Å². The van der Waals surface area contributed by atoms with Crippen LogP contribution in [0.5, 0.6) is 0 Å². The number of unbranched alkanes of at least 4 members (excludes halogenated alkanes) is 37. The summed E-state index contributed by atoms with van der Waals surface area (Å²) in [6.07, 6.45) is 97.7. The maximum Gasteiger partial charge on any atom is 0.306 e. The highest BCUT2D eigenvalue weighted by atomic mass is 16.7. The quantitative estimate of drug-likeness (QED) is 0.0195. The molecule has 0 aromatic carbocycles. The van der Waals surface area contributed by atoms with Crippen molar-refractivity contribution in [3.63, 3.8) is 0 Å². The van der Waals surface area contributed by atoms with Gasteiger partial charge in [0.15, 0.2) is 12.4 Å². The molecule has 0 fully saturated rings. The SMILES string of the molecule is CC/C=C\C/C=C\C/C=C\C/C=C\C/C=C\C/C=C\C/C=C\C/C=C\C/C=C\CCCCCCCC(=O)OC(COC(=O)CCCCCCCCCCCCCCCCCCCCCCCCCCCCCCCCCCC)COC(OCC[N+](C)(C)C)C(=O)[O-]. The minimum absolute atomic E-state index is 0.140. The lowest BCUT2D eigenvalue weighted by Crippen LogP contribution is -2.44. The molecule has 0 heterocycles. The third kappa shape index (κ3) is 73.2. The first-order valence-corrected chi connectivity index (χ1v) is 38.0. The van der Waals surface area contributed by atoms with Gasteiger partial charge in [0.25, 0.3) is 0 Å². The standard InChI is InChI=1S/C82H143NO8/c1-6-8-10-12-14-16-18-20-22-24-26-28-30-32-34-36-38-40-42-44-46-48-50-52-54-56-58-60-62-64-66-68-70-72-79(84)89-76-78(77-90-82(81(86)87)88-75-74-83(3,4)5)91-80(85)73-71-69-67-65-63-61-59-57-55-53-51-49-47-45-43-41-39-37-35-33-31-29-27-25-23-21-19-17-15-13-11-9-7-2/h9,11,15,17,21,23,27,29,33,35,39,41,45,47,51,53,57,59,78,82H,6-8,10,12-14,16,18-20,22,24-26,28,30-32,34,36-38,40,42-44,46,48-50,52,54-56,58,60-77H2,1-5H3/b11-9-,17-15-,23-21-,29-27-,35-33-,41-39-,47-45-,53-51-,59-57-. The molecule has 524 valence electrons. The van der Waals surface area contributed by atoms with Gasteiger partial charge in [-0.3, -0.25) is 9.59 Å². The molecule has 0 aliphatic carbocycles. The zero-order chi connectivity index (χ0) is 66.1. The molecule has 0 radical (unpaired) electrons. The van der Waals surface area contributed by atoms with Crippen LogP contribution in [0.3, 0.4) is 0 Å². The van der Waals surface area contributed by atoms with Crippen molar-refractivity contribution in [2.24, 2.45) is 0 Å². The van der Waals surface area contributed by atoms with Gasteiger partial charge in [-0.05, 0) is 83.5 Å². The van der Waals surface area contributed by atoms with Crippen LogP contribution in [0.2, 0.25) is 0 Å². The summed E-state index contributed by atoms with van der Waals surface area (Å²) >= 11 is 0. The summed E-state index contributed by atoms with van der Waals surface area (Å²) in [5.74, 6) is -2.30. The number of carbonyl (C=O) groups is 3. The molecule has 0 spiro atoms. The van der Waals surface area contributed by atoms with Crippen LogP contribution in [0.15, 0.2) is 109 Å². The number of carboxylic acid groups (broad SMARTS) is 1. The maximum atomic E-state index is 12.9. The average Bonchev–Trinajstić information content (AvgIpc) is 3.46. The molecule has 91 heavy (non-hydrogen) atoms. The first-order chi connectivity index (χ1) is 44.6. The van der Waals surface area contributed by atoms with Crippen molar-refractivity contribution in [2.75, 3.05) is 47.5 Å². The molecule has 9 nitrogen and oxygen atoms in total. The molecule has 0 saturated heterocycles. The fourth-order valence-electron chi connectivity index (χ4n) is 10.8. The number of ether oxygens (including phenoxy) is 4. The second kappa shape index (κ2) is 71.8. The Kier molecular flexibility index (Phi) is 68.6. The Bertz CT molecular complexity index is 1870. The van der Waals surface area contributed by atoms with Gasteiger partial charge in [0.1, 0.15) is 13.2 Å². The zero-order valence-electron chi connectivity index (χ0n) is 59.9. The van der Waals surface area contributed by atoms with Gasteiger partial charge in [0.05, 0.1) is 40.3 Å². The van der Waals surface area contributed by atoms with Gasteiger partial charge >= 0.3 is 11.9 Å². The molecule has 0 saturated carbocycles. The number of hydrogen-bond donors (Lipinski definition) is 0. The van der Waals surface area contributed by atoms with Gasteiger partial charge in [0, 0.05) is 12.8 Å². The number of likely N-dealkylation sites (N-methyl/N-ethyl adjacent to an activating group) is 1. The summed E-state index contributed by atoms with van der Waals surface area (Å²) in [7, 11) is 5.93. The number of carboxylic acids is 1. The average molecular weight is 1270 g/mol. The third-order valence-electron chi connectivity index (χ3n) is 16.5. The van der Waals surface area contributed by atoms with E-state index in [-0.39, 0.29) is 38.6 Å². The number of rotatable bonds is 70. The second-order valence-corrected chi connectivity index (χ2v) is 26.6. The van der Waals surface area contributed by atoms with Gasteiger partial charge in [-0.25, -0.2) is 0 Å². The van der Waals surface area contributed by atoms with E-state index in [1.165, 1.54) is 193 Å². The number of quaternary nitrogens is 1. The van der Waals surface area contributed by atoms with Crippen LogP contribution in [0.25, 0.3) is 0 Å². The highest BCUT2D eigenvalue weighted by Gasteiger charge is 2.22. The molecule has 0 aliphatic rings. The Labute approximate surface area is 562 Å². The number of hydrogen-bond acceptors (Lipinski definition) is 8. The van der Waals surface area contributed by atoms with E-state index in [0.717, 1.165) is 109 Å². The van der Waals surface area contributed by atoms with Crippen molar-refractivity contribution >= 4 is 17.9 Å². The predicted molar refractivity (Wildman–Crippen MR) is 389 cm³/mol. The third-order valence-corrected chi connectivity index (χ3v) is 16.5. The van der Waals surface area contributed by atoms with Gasteiger partial charge in [-0.2, -0.15) is 0 Å². The number of carbonyl (C=O) groups excluding carboxylic acids is 3. The van der Waals surface area contributed by atoms with Gasteiger partial charge in [0.2, 0.25) is 0 Å². The van der Waals surface area contributed by atoms with Crippen LogP contribution in [-0.2, 0) is 33.3 Å². The van der Waals surface area contributed by atoms with Gasteiger partial charge < -0.3 is 33.3 Å². The molecule has 0 bridgehead atoms. The molecular weight excluding hydrogens is 1130 g/mol. The fraction of sp³-hybridized carbons (Fsp3) is 0.744. The Morgan fingerprint density at radius 1 is 0.341 bits per heavy atom. The molecule has 0 aliphatic heterocycles. The highest BCUT2D eigenvalue weighted by molar-refractivity contribution is 5.70. The minimum Gasteiger partial charge on any atom is -0.545 e. The van der Waals surface area contributed by atoms with Crippen LogP contribution in [0.1, 0.15) is 335 Å². The summed E-state index contributed by atoms with van der Waals surface area (Å²) in [6, 6.07) is 0. The van der Waals surface area contributed by atoms with E-state index in [0.29, 0.717) is 17.4 Å². The van der Waals surface area contributed by atoms with Crippen LogP contribution in [0, 0.1) is 0 Å². The summed E-state index contributed by atoms with van der Waals surface area (Å²) in [6.45, 7) is 4.65. The number of nitrogens with zero attached hydrogens (tertiary/aromatic N) is 1. The van der Waals surface area contributed by atoms with E-state index < -0.39 is 24.3 Å². The zero-order valence-corrected chi connectivity index (χ0v) is 59.9. The second-order valence-electron chi connectivity index (χ2n) is 26.6. The molecule has 2 unspecified atom stereocenters. The van der Waals surface area contributed by atoms with Crippen molar-refractivity contribution < 1.29 is 42.9 Å². The summed E-state index contributed by atoms with van der Waals surface area (Å²) in [5.41, 5.74) is 0. The molecule has 0 rings (SSSR count). The number of aliphatic carboxylic acids is 1. The Balaban J connectivity index is 4.12. The topological polar surface area (TPSA) is 111 Å². The van der Waals surface area contributed by atoms with Gasteiger partial charge in [-0.1, -0.05) is 348 Å². The van der Waals surface area contributed by atoms with Crippen molar-refractivity contribution in [1.29, 1.82) is 0 Å². The van der Waals surface area contributed by atoms with Crippen LogP contribution in [-0.4, -0.2) is 82.3 Å². The van der Waals surface area contributed by atoms with E-state index in [9.17, 15) is 19.5 Å². The maximum absolute atomic E-state index is 12.9. The Morgan fingerprint density at radius 3 is 0.934 bits per heavy atom. The van der Waals surface area contributed by atoms with Crippen LogP contribution in [0.4, 0.5) is 0 Å². The van der Waals surface area contributed by atoms with Crippen molar-refractivity contribution in [2.45, 2.75) is 347 Å². The Morgan fingerprint density at radius 2 is 0.626 bits per heavy atom. The van der Waals surface area contributed by atoms with E-state index in [4.69, 9.17) is 18.9 Å². The van der Waals surface area contributed by atoms with E-state index >= 15 is 0 Å². The molecule has 0 aromatic heterocycles. The van der Waals surface area contributed by atoms with Crippen molar-refractivity contribution in [1.82, 2.24) is 0 Å². The molecule has 2 atom stereocenters. The van der Waals surface area contributed by atoms with E-state index in [2.05, 4.69) is 123 Å². The summed E-state index contributed by atoms with van der Waals surface area (Å²) in [5, 5.41) is 11.8. The summed E-state index contributed by atoms with van der Waals surface area (Å²) in [4.78, 5) is 37.6. The molecule has 0 aromatic rings. The lowest BCUT2D eigenvalue weighted by Gasteiger charge is -2.26. The lowest BCUT2D eigenvalue weighted by atomic mass is 10.0. The molecular formula is C82H143NO8. The lowest BCUT2D eigenvalue weighted by molar-refractivity contribution is -0.870. The van der Waals surface area contributed by atoms with E-state index in [1.54, 1.807) is 0 Å². The predicted octanol–water partition coefficient (Wildman–Crippen LogP) is 22.8. The largest absolute Gasteiger partial charge is 0.545 e. The van der Waals surface area contributed by atoms with Crippen LogP contribution < -0.4 is 5.11 Å². The van der Waals surface area contributed by atoms with Crippen LogP contribution >= 0.6 is 0 Å². The first kappa shape index (κ1) is 87.0. The monoisotopic (exact) mass is 1270 g/mol. The number of allylic oxidation sites excluding steroid dienone is 18. The van der Waals surface area contributed by atoms with Gasteiger partial charge in [-0.15, -0.1) is 0 Å². The molecule has 0 amide bonds. The van der Waals surface area contributed by atoms with Crippen molar-refractivity contribution in [3.05, 3.63) is 109 Å². The minimum atomic E-state index is -1.63. The first-order valence-electron chi connectivity index (χ1n) is 38.0. The summed E-state index contributed by atoms with van der Waals surface area (Å²) < 4.78 is 22.8.